The van der Waals surface area contributed by atoms with E-state index in [1.807, 2.05) is 6.92 Å². The van der Waals surface area contributed by atoms with E-state index in [4.69, 9.17) is 37.2 Å². The van der Waals surface area contributed by atoms with Crippen LogP contribution in [0.1, 0.15) is 34.0 Å². The number of aryl methyl sites for hydroxylation is 1. The first-order valence-electron chi connectivity index (χ1n) is 8.73. The van der Waals surface area contributed by atoms with Crippen LogP contribution in [0.15, 0.2) is 36.4 Å². The maximum absolute atomic E-state index is 12.3. The van der Waals surface area contributed by atoms with Crippen LogP contribution in [0.4, 0.5) is 5.69 Å². The van der Waals surface area contributed by atoms with Gasteiger partial charge < -0.3 is 32.4 Å². The minimum atomic E-state index is -0.833. The van der Waals surface area contributed by atoms with Crippen LogP contribution in [0.5, 0.6) is 5.75 Å². The van der Waals surface area contributed by atoms with Crippen molar-refractivity contribution < 1.29 is 24.2 Å². The molecule has 0 heterocycles. The lowest BCUT2D eigenvalue weighted by molar-refractivity contribution is -0.134. The van der Waals surface area contributed by atoms with Crippen molar-refractivity contribution in [2.24, 2.45) is 11.5 Å². The molecule has 0 aliphatic heterocycles. The highest BCUT2D eigenvalue weighted by Crippen LogP contribution is 2.21. The first-order chi connectivity index (χ1) is 14.0. The molecule has 9 N–H and O–H groups in total. The highest BCUT2D eigenvalue weighted by atomic mass is 16.5. The average Bonchev–Trinajstić information content (AvgIpc) is 2.66. The molecule has 2 aromatic carbocycles. The summed E-state index contributed by atoms with van der Waals surface area (Å²) in [7, 11) is 0. The van der Waals surface area contributed by atoms with Crippen molar-refractivity contribution in [3.05, 3.63) is 58.7 Å². The van der Waals surface area contributed by atoms with Crippen molar-refractivity contribution in [3.8, 4) is 5.75 Å². The number of carboxylic acid groups (broad SMARTS) is 1. The quantitative estimate of drug-likeness (QED) is 0.218. The molecule has 0 radical (unpaired) electrons. The fraction of sp³-hybridized carbons (Fsp3) is 0.200. The third-order valence-electron chi connectivity index (χ3n) is 3.72. The summed E-state index contributed by atoms with van der Waals surface area (Å²) >= 11 is 0. The second kappa shape index (κ2) is 11.1. The van der Waals surface area contributed by atoms with E-state index < -0.39 is 11.9 Å². The number of nitrogens with one attached hydrogen (secondary N) is 2. The fourth-order valence-corrected chi connectivity index (χ4v) is 2.25. The van der Waals surface area contributed by atoms with Crippen molar-refractivity contribution in [2.75, 3.05) is 12.3 Å². The molecule has 0 saturated heterocycles. The van der Waals surface area contributed by atoms with Crippen LogP contribution in [-0.2, 0) is 16.1 Å². The summed E-state index contributed by atoms with van der Waals surface area (Å²) in [4.78, 5) is 32.3. The van der Waals surface area contributed by atoms with E-state index in [0.717, 1.165) is 12.5 Å². The molecule has 30 heavy (non-hydrogen) atoms. The molecule has 10 heteroatoms. The Labute approximate surface area is 173 Å². The van der Waals surface area contributed by atoms with Gasteiger partial charge in [-0.15, -0.1) is 0 Å². The van der Waals surface area contributed by atoms with Crippen LogP contribution in [0.25, 0.3) is 0 Å². The SMILES string of the molecule is CC(=O)O.Cc1cc(C(=O)NCc2ccc(C(=N)N)cc2OCC(N)=O)ccc1N. The van der Waals surface area contributed by atoms with E-state index in [0.29, 0.717) is 28.1 Å². The Morgan fingerprint density at radius 2 is 1.70 bits per heavy atom. The van der Waals surface area contributed by atoms with Gasteiger partial charge in [0.1, 0.15) is 11.6 Å². The predicted octanol–water partition coefficient (Wildman–Crippen LogP) is 0.746. The van der Waals surface area contributed by atoms with E-state index in [1.165, 1.54) is 6.07 Å². The Morgan fingerprint density at radius 1 is 1.10 bits per heavy atom. The van der Waals surface area contributed by atoms with Gasteiger partial charge in [0.2, 0.25) is 0 Å². The summed E-state index contributed by atoms with van der Waals surface area (Å²) in [5.74, 6) is -1.55. The molecule has 10 nitrogen and oxygen atoms in total. The summed E-state index contributed by atoms with van der Waals surface area (Å²) in [6.45, 7) is 2.75. The number of carbonyl (C=O) groups is 3. The summed E-state index contributed by atoms with van der Waals surface area (Å²) in [5.41, 5.74) is 19.3. The number of benzene rings is 2. The van der Waals surface area contributed by atoms with Crippen LogP contribution in [0.2, 0.25) is 0 Å². The maximum Gasteiger partial charge on any atom is 0.300 e. The average molecular weight is 415 g/mol. The number of hydrogen-bond donors (Lipinski definition) is 6. The van der Waals surface area contributed by atoms with Crippen LogP contribution in [0, 0.1) is 12.3 Å². The molecule has 2 rings (SSSR count). The van der Waals surface area contributed by atoms with Crippen LogP contribution >= 0.6 is 0 Å². The third kappa shape index (κ3) is 7.89. The molecular weight excluding hydrogens is 390 g/mol. The Hall–Kier alpha value is -4.08. The molecule has 0 atom stereocenters. The normalized spacial score (nSPS) is 9.67. The van der Waals surface area contributed by atoms with Gasteiger partial charge in [-0.3, -0.25) is 19.8 Å². The third-order valence-corrected chi connectivity index (χ3v) is 3.72. The monoisotopic (exact) mass is 415 g/mol. The van der Waals surface area contributed by atoms with E-state index in [-0.39, 0.29) is 24.9 Å². The number of carboxylic acids is 1. The maximum atomic E-state index is 12.3. The first-order valence-corrected chi connectivity index (χ1v) is 8.73. The van der Waals surface area contributed by atoms with Crippen molar-refractivity contribution in [1.82, 2.24) is 5.32 Å². The van der Waals surface area contributed by atoms with Crippen molar-refractivity contribution in [3.63, 3.8) is 0 Å². The molecule has 0 saturated carbocycles. The van der Waals surface area contributed by atoms with Crippen molar-refractivity contribution >= 4 is 29.3 Å². The Morgan fingerprint density at radius 3 is 2.23 bits per heavy atom. The number of nitrogens with two attached hydrogens (primary N) is 3. The summed E-state index contributed by atoms with van der Waals surface area (Å²) in [6.07, 6.45) is 0. The van der Waals surface area contributed by atoms with Crippen LogP contribution in [-0.4, -0.2) is 35.3 Å². The number of anilines is 1. The molecule has 0 fully saturated rings. The topological polar surface area (TPSA) is 195 Å². The second-order valence-electron chi connectivity index (χ2n) is 6.26. The van der Waals surface area contributed by atoms with E-state index in [1.54, 1.807) is 30.3 Å². The standard InChI is InChI=1S/C18H21N5O3.C2H4O2/c1-10-6-12(4-5-14(10)19)18(25)23-8-13-3-2-11(17(21)22)7-15(13)26-9-16(20)24;1-2(3)4/h2-7H,8-9,19H2,1H3,(H2,20,24)(H3,21,22)(H,23,25);1H3,(H,3,4). The largest absolute Gasteiger partial charge is 0.483 e. The number of hydrogen-bond acceptors (Lipinski definition) is 6. The zero-order chi connectivity index (χ0) is 22.8. The van der Waals surface area contributed by atoms with E-state index >= 15 is 0 Å². The van der Waals surface area contributed by atoms with Gasteiger partial charge in [-0.1, -0.05) is 12.1 Å². The zero-order valence-corrected chi connectivity index (χ0v) is 16.7. The minimum absolute atomic E-state index is 0.137. The second-order valence-corrected chi connectivity index (χ2v) is 6.26. The number of carbonyl (C=O) groups excluding carboxylic acids is 2. The summed E-state index contributed by atoms with van der Waals surface area (Å²) in [5, 5.41) is 17.7. The molecule has 0 unspecified atom stereocenters. The molecule has 0 bridgehead atoms. The number of ether oxygens (including phenoxy) is 1. The smallest absolute Gasteiger partial charge is 0.300 e. The molecule has 0 aliphatic rings. The number of nitrogen functional groups attached to an aromatic ring is 2. The molecule has 0 spiro atoms. The van der Waals surface area contributed by atoms with Gasteiger partial charge in [-0.05, 0) is 36.8 Å². The first kappa shape index (κ1) is 24.0. The van der Waals surface area contributed by atoms with Crippen molar-refractivity contribution in [1.29, 1.82) is 5.41 Å². The highest BCUT2D eigenvalue weighted by molar-refractivity contribution is 5.96. The van der Waals surface area contributed by atoms with Gasteiger partial charge in [-0.2, -0.15) is 0 Å². The molecule has 0 aromatic heterocycles. The highest BCUT2D eigenvalue weighted by Gasteiger charge is 2.11. The van der Waals surface area contributed by atoms with E-state index in [9.17, 15) is 9.59 Å². The van der Waals surface area contributed by atoms with Gasteiger partial charge >= 0.3 is 0 Å². The Bertz CT molecular complexity index is 955. The summed E-state index contributed by atoms with van der Waals surface area (Å²) in [6, 6.07) is 9.85. The fourth-order valence-electron chi connectivity index (χ4n) is 2.25. The number of amides is 2. The Kier molecular flexibility index (Phi) is 8.83. The number of rotatable bonds is 7. The lowest BCUT2D eigenvalue weighted by Crippen LogP contribution is -2.24. The molecule has 160 valence electrons. The lowest BCUT2D eigenvalue weighted by Gasteiger charge is -2.13. The van der Waals surface area contributed by atoms with Gasteiger partial charge in [0, 0.05) is 35.8 Å². The van der Waals surface area contributed by atoms with Crippen LogP contribution < -0.4 is 27.3 Å². The number of aliphatic carboxylic acids is 1. The Balaban J connectivity index is 0.00000103. The van der Waals surface area contributed by atoms with Gasteiger partial charge in [0.25, 0.3) is 17.8 Å². The molecule has 2 aromatic rings. The minimum Gasteiger partial charge on any atom is -0.483 e. The molecule has 0 aliphatic carbocycles. The lowest BCUT2D eigenvalue weighted by atomic mass is 10.1. The van der Waals surface area contributed by atoms with Crippen molar-refractivity contribution in [2.45, 2.75) is 20.4 Å². The molecule has 2 amide bonds. The number of primary amides is 1. The van der Waals surface area contributed by atoms with E-state index in [2.05, 4.69) is 5.32 Å². The predicted molar refractivity (Wildman–Crippen MR) is 112 cm³/mol. The number of amidine groups is 1. The zero-order valence-electron chi connectivity index (χ0n) is 16.7. The van der Waals surface area contributed by atoms with Gasteiger partial charge in [-0.25, -0.2) is 0 Å². The summed E-state index contributed by atoms with van der Waals surface area (Å²) < 4.78 is 5.37. The van der Waals surface area contributed by atoms with Gasteiger partial charge in [0.05, 0.1) is 0 Å². The van der Waals surface area contributed by atoms with Gasteiger partial charge in [0.15, 0.2) is 6.61 Å². The van der Waals surface area contributed by atoms with Crippen LogP contribution in [0.3, 0.4) is 0 Å². The molecular formula is C20H25N5O5.